The van der Waals surface area contributed by atoms with Crippen molar-refractivity contribution in [1.29, 1.82) is 0 Å². The molecule has 4 N–H and O–H groups in total. The fourth-order valence-corrected chi connectivity index (χ4v) is 3.86. The average molecular weight is 467 g/mol. The van der Waals surface area contributed by atoms with Crippen LogP contribution in [0.5, 0.6) is 0 Å². The summed E-state index contributed by atoms with van der Waals surface area (Å²) in [5, 5.41) is 13.8. The van der Waals surface area contributed by atoms with Gasteiger partial charge in [-0.1, -0.05) is 50.6 Å². The van der Waals surface area contributed by atoms with Crippen molar-refractivity contribution in [2.75, 3.05) is 0 Å². The summed E-state index contributed by atoms with van der Waals surface area (Å²) in [6, 6.07) is 12.5. The summed E-state index contributed by atoms with van der Waals surface area (Å²) in [5.41, 5.74) is 7.21. The zero-order chi connectivity index (χ0) is 24.7. The van der Waals surface area contributed by atoms with Crippen molar-refractivity contribution in [3.63, 3.8) is 0 Å². The molecule has 8 heteroatoms. The Bertz CT molecular complexity index is 1140. The van der Waals surface area contributed by atoms with E-state index in [9.17, 15) is 19.1 Å². The smallest absolute Gasteiger partial charge is 0.271 e. The third-order valence-corrected chi connectivity index (χ3v) is 5.88. The highest BCUT2D eigenvalue weighted by Crippen LogP contribution is 2.21. The standard InChI is InChI=1S/C26H31FN4O3/c1-16(2)11-12-18(25(28)33)14-24(32)22(13-17-7-3-4-8-19(17)27)31-26(34)23-15-29-20-9-5-6-10-21(20)30-23/h3-10,15-16,18,22,24,32H,11-14H2,1-2H3,(H2,28,33)(H,31,34)/t18-,22?,24+/m1/s1. The highest BCUT2D eigenvalue weighted by molar-refractivity contribution is 5.94. The van der Waals surface area contributed by atoms with Gasteiger partial charge in [-0.05, 0) is 48.9 Å². The van der Waals surface area contributed by atoms with E-state index in [2.05, 4.69) is 15.3 Å². The number of nitrogens with one attached hydrogen (secondary N) is 1. The van der Waals surface area contributed by atoms with E-state index in [0.29, 0.717) is 28.9 Å². The molecule has 0 saturated heterocycles. The summed E-state index contributed by atoms with van der Waals surface area (Å²) >= 11 is 0. The van der Waals surface area contributed by atoms with Crippen LogP contribution < -0.4 is 11.1 Å². The molecular weight excluding hydrogens is 435 g/mol. The van der Waals surface area contributed by atoms with Crippen LogP contribution >= 0.6 is 0 Å². The summed E-state index contributed by atoms with van der Waals surface area (Å²) in [4.78, 5) is 33.6. The molecule has 0 aliphatic rings. The highest BCUT2D eigenvalue weighted by Gasteiger charge is 2.28. The van der Waals surface area contributed by atoms with E-state index in [1.54, 1.807) is 36.4 Å². The van der Waals surface area contributed by atoms with Crippen molar-refractivity contribution < 1.29 is 19.1 Å². The number of carbonyl (C=O) groups excluding carboxylic acids is 2. The number of nitrogens with zero attached hydrogens (tertiary/aromatic N) is 2. The molecule has 0 radical (unpaired) electrons. The van der Waals surface area contributed by atoms with Gasteiger partial charge in [0.25, 0.3) is 5.91 Å². The van der Waals surface area contributed by atoms with Gasteiger partial charge in [-0.25, -0.2) is 9.37 Å². The molecule has 3 atom stereocenters. The lowest BCUT2D eigenvalue weighted by molar-refractivity contribution is -0.123. The number of amides is 2. The molecule has 0 bridgehead atoms. The van der Waals surface area contributed by atoms with Gasteiger partial charge in [0.15, 0.2) is 0 Å². The maximum atomic E-state index is 14.4. The number of nitrogens with two attached hydrogens (primary N) is 1. The van der Waals surface area contributed by atoms with Crippen LogP contribution in [0.25, 0.3) is 11.0 Å². The molecule has 1 unspecified atom stereocenters. The van der Waals surface area contributed by atoms with Crippen molar-refractivity contribution in [3.8, 4) is 0 Å². The first-order valence-corrected chi connectivity index (χ1v) is 11.5. The lowest BCUT2D eigenvalue weighted by Crippen LogP contribution is -2.46. The number of aliphatic hydroxyl groups is 1. The molecule has 1 heterocycles. The third kappa shape index (κ3) is 6.81. The van der Waals surface area contributed by atoms with Crippen molar-refractivity contribution in [2.45, 2.75) is 51.7 Å². The predicted molar refractivity (Wildman–Crippen MR) is 128 cm³/mol. The minimum absolute atomic E-state index is 0.0379. The Labute approximate surface area is 198 Å². The number of hydrogen-bond acceptors (Lipinski definition) is 5. The van der Waals surface area contributed by atoms with Crippen LogP contribution in [0.2, 0.25) is 0 Å². The first-order chi connectivity index (χ1) is 16.2. The monoisotopic (exact) mass is 466 g/mol. The maximum Gasteiger partial charge on any atom is 0.271 e. The number of carbonyl (C=O) groups is 2. The summed E-state index contributed by atoms with van der Waals surface area (Å²) in [6.45, 7) is 4.08. The Morgan fingerprint density at radius 2 is 1.74 bits per heavy atom. The largest absolute Gasteiger partial charge is 0.391 e. The number of para-hydroxylation sites is 2. The first-order valence-electron chi connectivity index (χ1n) is 11.5. The number of primary amides is 1. The molecule has 0 aliphatic carbocycles. The summed E-state index contributed by atoms with van der Waals surface area (Å²) in [7, 11) is 0. The van der Waals surface area contributed by atoms with Crippen molar-refractivity contribution in [1.82, 2.24) is 15.3 Å². The second-order valence-corrected chi connectivity index (χ2v) is 8.99. The Hall–Kier alpha value is -3.39. The summed E-state index contributed by atoms with van der Waals surface area (Å²) in [5.74, 6) is -1.67. The normalized spacial score (nSPS) is 14.0. The van der Waals surface area contributed by atoms with Crippen LogP contribution in [-0.4, -0.2) is 39.0 Å². The van der Waals surface area contributed by atoms with E-state index >= 15 is 0 Å². The predicted octanol–water partition coefficient (Wildman–Crippen LogP) is 3.40. The topological polar surface area (TPSA) is 118 Å². The van der Waals surface area contributed by atoms with Gasteiger partial charge in [-0.3, -0.25) is 14.6 Å². The van der Waals surface area contributed by atoms with E-state index in [0.717, 1.165) is 6.42 Å². The van der Waals surface area contributed by atoms with Crippen LogP contribution in [-0.2, 0) is 11.2 Å². The molecule has 2 aromatic carbocycles. The number of aromatic nitrogens is 2. The lowest BCUT2D eigenvalue weighted by Gasteiger charge is -2.27. The summed E-state index contributed by atoms with van der Waals surface area (Å²) < 4.78 is 14.4. The molecule has 2 amide bonds. The molecule has 180 valence electrons. The van der Waals surface area contributed by atoms with Crippen molar-refractivity contribution >= 4 is 22.8 Å². The third-order valence-electron chi connectivity index (χ3n) is 5.88. The molecule has 1 aromatic heterocycles. The Kier molecular flexibility index (Phi) is 8.65. The molecule has 0 spiro atoms. The number of aliphatic hydroxyl groups excluding tert-OH is 1. The molecule has 3 aromatic rings. The van der Waals surface area contributed by atoms with Gasteiger partial charge < -0.3 is 16.2 Å². The number of fused-ring (bicyclic) bond motifs is 1. The van der Waals surface area contributed by atoms with Crippen LogP contribution in [0.1, 0.15) is 49.2 Å². The zero-order valence-electron chi connectivity index (χ0n) is 19.4. The van der Waals surface area contributed by atoms with Crippen LogP contribution in [0, 0.1) is 17.7 Å². The number of halogens is 1. The van der Waals surface area contributed by atoms with E-state index < -0.39 is 35.7 Å². The minimum atomic E-state index is -1.12. The maximum absolute atomic E-state index is 14.4. The van der Waals surface area contributed by atoms with E-state index in [1.807, 2.05) is 19.9 Å². The Balaban J connectivity index is 1.82. The second kappa shape index (κ2) is 11.7. The van der Waals surface area contributed by atoms with Gasteiger partial charge in [0.2, 0.25) is 5.91 Å². The zero-order valence-corrected chi connectivity index (χ0v) is 19.4. The lowest BCUT2D eigenvalue weighted by atomic mass is 9.88. The number of benzene rings is 2. The average Bonchev–Trinajstić information content (AvgIpc) is 2.81. The molecule has 3 rings (SSSR count). The van der Waals surface area contributed by atoms with Crippen LogP contribution in [0.3, 0.4) is 0 Å². The molecule has 34 heavy (non-hydrogen) atoms. The fraction of sp³-hybridized carbons (Fsp3) is 0.385. The molecular formula is C26H31FN4O3. The number of rotatable bonds is 11. The van der Waals surface area contributed by atoms with Gasteiger partial charge >= 0.3 is 0 Å². The van der Waals surface area contributed by atoms with Gasteiger partial charge in [-0.15, -0.1) is 0 Å². The van der Waals surface area contributed by atoms with E-state index in [-0.39, 0.29) is 18.5 Å². The van der Waals surface area contributed by atoms with E-state index in [1.165, 1.54) is 12.3 Å². The van der Waals surface area contributed by atoms with Gasteiger partial charge in [0.05, 0.1) is 29.4 Å². The van der Waals surface area contributed by atoms with Crippen molar-refractivity contribution in [2.24, 2.45) is 17.6 Å². The fourth-order valence-electron chi connectivity index (χ4n) is 3.86. The van der Waals surface area contributed by atoms with Gasteiger partial charge in [0, 0.05) is 5.92 Å². The molecule has 7 nitrogen and oxygen atoms in total. The molecule has 0 fully saturated rings. The minimum Gasteiger partial charge on any atom is -0.391 e. The Morgan fingerprint density at radius 3 is 2.41 bits per heavy atom. The van der Waals surface area contributed by atoms with Gasteiger partial charge in [-0.2, -0.15) is 0 Å². The Morgan fingerprint density at radius 1 is 1.06 bits per heavy atom. The van der Waals surface area contributed by atoms with Crippen LogP contribution in [0.4, 0.5) is 4.39 Å². The highest BCUT2D eigenvalue weighted by atomic mass is 19.1. The quantitative estimate of drug-likeness (QED) is 0.400. The second-order valence-electron chi connectivity index (χ2n) is 8.99. The first kappa shape index (κ1) is 25.2. The summed E-state index contributed by atoms with van der Waals surface area (Å²) in [6.07, 6.45) is 1.64. The van der Waals surface area contributed by atoms with Gasteiger partial charge in [0.1, 0.15) is 11.5 Å². The SMILES string of the molecule is CC(C)CC[C@H](C[C@H](O)C(Cc1ccccc1F)NC(=O)c1cnc2ccccc2n1)C(N)=O. The molecule has 0 aliphatic heterocycles. The number of hydrogen-bond donors (Lipinski definition) is 3. The van der Waals surface area contributed by atoms with E-state index in [4.69, 9.17) is 5.73 Å². The van der Waals surface area contributed by atoms with Crippen molar-refractivity contribution in [3.05, 3.63) is 71.8 Å². The molecule has 0 saturated carbocycles. The van der Waals surface area contributed by atoms with Crippen LogP contribution in [0.15, 0.2) is 54.7 Å².